The van der Waals surface area contributed by atoms with Crippen LogP contribution in [0.5, 0.6) is 0 Å². The summed E-state index contributed by atoms with van der Waals surface area (Å²) in [6.07, 6.45) is 1.07. The molecule has 0 aliphatic carbocycles. The first-order chi connectivity index (χ1) is 14.7. The lowest BCUT2D eigenvalue weighted by molar-refractivity contribution is 0.0528. The quantitative estimate of drug-likeness (QED) is 0.607. The van der Waals surface area contributed by atoms with Crippen molar-refractivity contribution in [2.45, 2.75) is 25.9 Å². The van der Waals surface area contributed by atoms with Crippen molar-refractivity contribution < 1.29 is 31.9 Å². The summed E-state index contributed by atoms with van der Waals surface area (Å²) >= 11 is 0. The van der Waals surface area contributed by atoms with Crippen LogP contribution in [0.2, 0.25) is 0 Å². The molecule has 0 fully saturated rings. The van der Waals surface area contributed by atoms with Gasteiger partial charge < -0.3 is 14.3 Å². The molecule has 1 unspecified atom stereocenters. The minimum absolute atomic E-state index is 0.143. The molecular weight excluding hydrogens is 425 g/mol. The number of esters is 1. The van der Waals surface area contributed by atoms with Gasteiger partial charge in [-0.05, 0) is 50.1 Å². The molecule has 0 radical (unpaired) electrons. The summed E-state index contributed by atoms with van der Waals surface area (Å²) in [7, 11) is -3.59. The highest BCUT2D eigenvalue weighted by Crippen LogP contribution is 2.42. The van der Waals surface area contributed by atoms with Gasteiger partial charge in [-0.3, -0.25) is 4.31 Å². The Hall–Kier alpha value is -2.91. The van der Waals surface area contributed by atoms with Crippen LogP contribution in [-0.2, 0) is 14.8 Å². The molecule has 0 saturated carbocycles. The average molecular weight is 447 g/mol. The molecule has 0 amide bonds. The maximum Gasteiger partial charge on any atom is 0.342 e. The zero-order chi connectivity index (χ0) is 22.3. The van der Waals surface area contributed by atoms with Crippen molar-refractivity contribution in [2.75, 3.05) is 23.7 Å². The van der Waals surface area contributed by atoms with Crippen LogP contribution in [0.3, 0.4) is 0 Å². The highest BCUT2D eigenvalue weighted by atomic mass is 32.2. The lowest BCUT2D eigenvalue weighted by Crippen LogP contribution is -2.30. The minimum Gasteiger partial charge on any atom is -0.462 e. The maximum atomic E-state index is 13.4. The topological polar surface area (TPSA) is 97.1 Å². The van der Waals surface area contributed by atoms with Crippen molar-refractivity contribution in [3.8, 4) is 11.3 Å². The fourth-order valence-electron chi connectivity index (χ4n) is 3.89. The normalized spacial score (nSPS) is 16.8. The largest absolute Gasteiger partial charge is 0.462 e. The van der Waals surface area contributed by atoms with Gasteiger partial charge in [-0.15, -0.1) is 0 Å². The Morgan fingerprint density at radius 3 is 2.65 bits per heavy atom. The van der Waals surface area contributed by atoms with E-state index in [0.29, 0.717) is 35.0 Å². The van der Waals surface area contributed by atoms with Gasteiger partial charge in [0.05, 0.1) is 24.7 Å². The lowest BCUT2D eigenvalue weighted by atomic mass is 9.99. The van der Waals surface area contributed by atoms with Gasteiger partial charge in [0.15, 0.2) is 0 Å². The van der Waals surface area contributed by atoms with Crippen molar-refractivity contribution in [3.05, 3.63) is 53.3 Å². The second-order valence-electron chi connectivity index (χ2n) is 7.43. The minimum atomic E-state index is -3.59. The summed E-state index contributed by atoms with van der Waals surface area (Å²) in [5, 5.41) is 11.1. The number of anilines is 1. The maximum absolute atomic E-state index is 13.4. The molecular formula is C22H22FNO6S. The Morgan fingerprint density at radius 1 is 1.29 bits per heavy atom. The van der Waals surface area contributed by atoms with Crippen molar-refractivity contribution in [3.63, 3.8) is 0 Å². The number of furan rings is 1. The lowest BCUT2D eigenvalue weighted by Gasteiger charge is -2.22. The van der Waals surface area contributed by atoms with Gasteiger partial charge in [0.2, 0.25) is 10.0 Å². The Balaban J connectivity index is 2.01. The molecule has 7 nitrogen and oxygen atoms in total. The van der Waals surface area contributed by atoms with Gasteiger partial charge in [0.25, 0.3) is 0 Å². The van der Waals surface area contributed by atoms with Crippen molar-refractivity contribution in [2.24, 2.45) is 0 Å². The van der Waals surface area contributed by atoms with Crippen LogP contribution in [-0.4, -0.2) is 38.9 Å². The molecule has 1 aliphatic heterocycles. The molecule has 0 bridgehead atoms. The van der Waals surface area contributed by atoms with Crippen LogP contribution in [0.1, 0.15) is 41.8 Å². The number of benzene rings is 2. The number of halogens is 1. The molecule has 2 aromatic carbocycles. The molecule has 1 aliphatic rings. The standard InChI is InChI=1S/C22H22FNO6S/c1-3-29-22(26)20-16-11-15-17(24(31(2,27)28)10-4-5-18(15)25)12-19(16)30-21(20)13-6-8-14(23)9-7-13/h6-9,11-12,18,25H,3-5,10H2,1-2H3. The van der Waals surface area contributed by atoms with Gasteiger partial charge in [-0.1, -0.05) is 0 Å². The van der Waals surface area contributed by atoms with Crippen LogP contribution < -0.4 is 4.31 Å². The molecule has 3 aromatic rings. The number of hydrogen-bond donors (Lipinski definition) is 1. The van der Waals surface area contributed by atoms with E-state index in [9.17, 15) is 22.7 Å². The summed E-state index contributed by atoms with van der Waals surface area (Å²) < 4.78 is 50.6. The molecule has 1 aromatic heterocycles. The van der Waals surface area contributed by atoms with Crippen LogP contribution in [0, 0.1) is 5.82 Å². The predicted molar refractivity (Wildman–Crippen MR) is 114 cm³/mol. The Labute approximate surface area is 179 Å². The first kappa shape index (κ1) is 21.3. The van der Waals surface area contributed by atoms with Crippen molar-refractivity contribution in [1.29, 1.82) is 0 Å². The highest BCUT2D eigenvalue weighted by Gasteiger charge is 2.31. The molecule has 4 rings (SSSR count). The van der Waals surface area contributed by atoms with Crippen LogP contribution >= 0.6 is 0 Å². The molecule has 0 spiro atoms. The van der Waals surface area contributed by atoms with Gasteiger partial charge in [-0.2, -0.15) is 0 Å². The zero-order valence-corrected chi connectivity index (χ0v) is 17.9. The van der Waals surface area contributed by atoms with Crippen LogP contribution in [0.25, 0.3) is 22.3 Å². The zero-order valence-electron chi connectivity index (χ0n) is 17.1. The number of aliphatic hydroxyl groups is 1. The Kier molecular flexibility index (Phi) is 5.49. The predicted octanol–water partition coefficient (Wildman–Crippen LogP) is 4.01. The summed E-state index contributed by atoms with van der Waals surface area (Å²) in [6.45, 7) is 2.05. The third kappa shape index (κ3) is 3.90. The van der Waals surface area contributed by atoms with E-state index in [1.165, 1.54) is 34.6 Å². The summed E-state index contributed by atoms with van der Waals surface area (Å²) in [6, 6.07) is 8.58. The number of rotatable bonds is 4. The second-order valence-corrected chi connectivity index (χ2v) is 9.34. The Morgan fingerprint density at radius 2 is 2.00 bits per heavy atom. The summed E-state index contributed by atoms with van der Waals surface area (Å²) in [5.41, 5.74) is 1.59. The van der Waals surface area contributed by atoms with E-state index in [1.54, 1.807) is 13.0 Å². The van der Waals surface area contributed by atoms with E-state index in [1.807, 2.05) is 0 Å². The monoisotopic (exact) mass is 447 g/mol. The van der Waals surface area contributed by atoms with Gasteiger partial charge >= 0.3 is 5.97 Å². The van der Waals surface area contributed by atoms with Gasteiger partial charge in [0.1, 0.15) is 22.7 Å². The average Bonchev–Trinajstić information content (AvgIpc) is 2.99. The number of hydrogen-bond acceptors (Lipinski definition) is 6. The fourth-order valence-corrected chi connectivity index (χ4v) is 4.87. The van der Waals surface area contributed by atoms with E-state index in [4.69, 9.17) is 9.15 Å². The van der Waals surface area contributed by atoms with Gasteiger partial charge in [0, 0.05) is 29.1 Å². The first-order valence-corrected chi connectivity index (χ1v) is 11.7. The van der Waals surface area contributed by atoms with E-state index in [2.05, 4.69) is 0 Å². The molecule has 1 atom stereocenters. The van der Waals surface area contributed by atoms with Crippen LogP contribution in [0.15, 0.2) is 40.8 Å². The first-order valence-electron chi connectivity index (χ1n) is 9.90. The molecule has 1 N–H and O–H groups in total. The number of carbonyl (C=O) groups is 1. The van der Waals surface area contributed by atoms with Crippen molar-refractivity contribution >= 4 is 32.6 Å². The van der Waals surface area contributed by atoms with E-state index < -0.39 is 27.9 Å². The highest BCUT2D eigenvalue weighted by molar-refractivity contribution is 7.92. The summed E-state index contributed by atoms with van der Waals surface area (Å²) in [5.74, 6) is -0.867. The smallest absolute Gasteiger partial charge is 0.342 e. The van der Waals surface area contributed by atoms with Gasteiger partial charge in [-0.25, -0.2) is 17.6 Å². The SMILES string of the molecule is CCOC(=O)c1c(-c2ccc(F)cc2)oc2cc3c(cc12)C(O)CCCN3S(C)(=O)=O. The molecule has 164 valence electrons. The second kappa shape index (κ2) is 7.97. The van der Waals surface area contributed by atoms with Crippen molar-refractivity contribution in [1.82, 2.24) is 0 Å². The number of sulfonamides is 1. The third-order valence-corrected chi connectivity index (χ3v) is 6.47. The number of fused-ring (bicyclic) bond motifs is 2. The Bertz CT molecular complexity index is 1250. The number of ether oxygens (including phenoxy) is 1. The van der Waals surface area contributed by atoms with E-state index in [-0.39, 0.29) is 30.1 Å². The van der Waals surface area contributed by atoms with Crippen LogP contribution in [0.4, 0.5) is 10.1 Å². The third-order valence-electron chi connectivity index (χ3n) is 5.29. The molecule has 2 heterocycles. The fraction of sp³-hybridized carbons (Fsp3) is 0.318. The molecule has 0 saturated heterocycles. The molecule has 9 heteroatoms. The van der Waals surface area contributed by atoms with E-state index >= 15 is 0 Å². The summed E-state index contributed by atoms with van der Waals surface area (Å²) in [4.78, 5) is 12.8. The number of nitrogens with zero attached hydrogens (tertiary/aromatic N) is 1. The number of aliphatic hydroxyl groups excluding tert-OH is 1. The number of carbonyl (C=O) groups excluding carboxylic acids is 1. The molecule has 31 heavy (non-hydrogen) atoms. The van der Waals surface area contributed by atoms with E-state index in [0.717, 1.165) is 6.26 Å².